The summed E-state index contributed by atoms with van der Waals surface area (Å²) in [6, 6.07) is 6.35. The smallest absolute Gasteiger partial charge is 0.240 e. The summed E-state index contributed by atoms with van der Waals surface area (Å²) in [6.07, 6.45) is 0.791. The second kappa shape index (κ2) is 7.66. The number of hydrogen-bond acceptors (Lipinski definition) is 5. The molecule has 0 atom stereocenters. The van der Waals surface area contributed by atoms with Crippen molar-refractivity contribution < 1.29 is 14.3 Å². The molecule has 1 aliphatic rings. The van der Waals surface area contributed by atoms with Gasteiger partial charge >= 0.3 is 0 Å². The van der Waals surface area contributed by atoms with Crippen molar-refractivity contribution in [1.29, 1.82) is 0 Å². The van der Waals surface area contributed by atoms with Crippen molar-refractivity contribution in [3.8, 4) is 0 Å². The SMILES string of the molecule is CC(C)(C)c1csc(NC(=O)CN2CCC(O)(c3ccccc3F)CC2)n1. The fourth-order valence-corrected chi connectivity index (χ4v) is 4.18. The number of nitrogens with zero attached hydrogens (tertiary/aromatic N) is 2. The highest BCUT2D eigenvalue weighted by Gasteiger charge is 2.36. The third kappa shape index (κ3) is 4.72. The van der Waals surface area contributed by atoms with Crippen LogP contribution in [0.3, 0.4) is 0 Å². The maximum Gasteiger partial charge on any atom is 0.240 e. The molecule has 2 heterocycles. The van der Waals surface area contributed by atoms with Gasteiger partial charge in [0.05, 0.1) is 17.8 Å². The lowest BCUT2D eigenvalue weighted by molar-refractivity contribution is -0.118. The quantitative estimate of drug-likeness (QED) is 0.837. The highest BCUT2D eigenvalue weighted by atomic mass is 32.1. The topological polar surface area (TPSA) is 65.5 Å². The molecular formula is C20H26FN3O2S. The molecule has 1 amide bonds. The maximum atomic E-state index is 14.0. The molecular weight excluding hydrogens is 365 g/mol. The van der Waals surface area contributed by atoms with E-state index in [9.17, 15) is 14.3 Å². The van der Waals surface area contributed by atoms with E-state index >= 15 is 0 Å². The van der Waals surface area contributed by atoms with Crippen LogP contribution in [0, 0.1) is 5.82 Å². The number of halogens is 1. The number of piperidine rings is 1. The van der Waals surface area contributed by atoms with Gasteiger partial charge in [0.25, 0.3) is 0 Å². The highest BCUT2D eigenvalue weighted by Crippen LogP contribution is 2.34. The van der Waals surface area contributed by atoms with E-state index in [0.717, 1.165) is 5.69 Å². The first-order valence-corrected chi connectivity index (χ1v) is 10.0. The van der Waals surface area contributed by atoms with Crippen LogP contribution in [-0.4, -0.2) is 40.5 Å². The summed E-state index contributed by atoms with van der Waals surface area (Å²) in [5, 5.41) is 16.2. The molecule has 0 unspecified atom stereocenters. The Bertz CT molecular complexity index is 808. The zero-order valence-corrected chi connectivity index (χ0v) is 16.8. The monoisotopic (exact) mass is 391 g/mol. The summed E-state index contributed by atoms with van der Waals surface area (Å²) < 4.78 is 14.0. The van der Waals surface area contributed by atoms with Crippen molar-refractivity contribution in [3.63, 3.8) is 0 Å². The summed E-state index contributed by atoms with van der Waals surface area (Å²) in [6.45, 7) is 7.54. The predicted molar refractivity (Wildman–Crippen MR) is 105 cm³/mol. The first-order valence-electron chi connectivity index (χ1n) is 9.13. The molecule has 2 aromatic rings. The fourth-order valence-electron chi connectivity index (χ4n) is 3.23. The summed E-state index contributed by atoms with van der Waals surface area (Å²) in [5.74, 6) is -0.509. The number of hydrogen-bond donors (Lipinski definition) is 2. The molecule has 5 nitrogen and oxygen atoms in total. The Morgan fingerprint density at radius 1 is 1.33 bits per heavy atom. The van der Waals surface area contributed by atoms with Gasteiger partial charge < -0.3 is 10.4 Å². The van der Waals surface area contributed by atoms with E-state index < -0.39 is 5.60 Å². The van der Waals surface area contributed by atoms with Gasteiger partial charge in [-0.15, -0.1) is 11.3 Å². The largest absolute Gasteiger partial charge is 0.385 e. The van der Waals surface area contributed by atoms with Gasteiger partial charge in [-0.2, -0.15) is 0 Å². The number of aliphatic hydroxyl groups is 1. The third-order valence-corrected chi connectivity index (χ3v) is 5.70. The second-order valence-electron chi connectivity index (χ2n) is 8.12. The number of benzene rings is 1. The van der Waals surface area contributed by atoms with Gasteiger partial charge in [-0.1, -0.05) is 39.0 Å². The minimum Gasteiger partial charge on any atom is -0.385 e. The lowest BCUT2D eigenvalue weighted by Crippen LogP contribution is -2.45. The number of amides is 1. The molecule has 146 valence electrons. The summed E-state index contributed by atoms with van der Waals surface area (Å²) in [7, 11) is 0. The van der Waals surface area contributed by atoms with Crippen molar-refractivity contribution in [3.05, 3.63) is 46.7 Å². The zero-order valence-electron chi connectivity index (χ0n) is 16.0. The second-order valence-corrected chi connectivity index (χ2v) is 8.98. The molecule has 3 rings (SSSR count). The number of rotatable bonds is 4. The average Bonchev–Trinajstić information content (AvgIpc) is 3.06. The van der Waals surface area contributed by atoms with E-state index in [4.69, 9.17) is 0 Å². The van der Waals surface area contributed by atoms with E-state index in [-0.39, 0.29) is 23.7 Å². The minimum atomic E-state index is -1.17. The third-order valence-electron chi connectivity index (χ3n) is 4.94. The number of carbonyl (C=O) groups excluding carboxylic acids is 1. The predicted octanol–water partition coefficient (Wildman–Crippen LogP) is 3.50. The fraction of sp³-hybridized carbons (Fsp3) is 0.500. The van der Waals surface area contributed by atoms with Gasteiger partial charge in [0.2, 0.25) is 5.91 Å². The minimum absolute atomic E-state index is 0.0521. The van der Waals surface area contributed by atoms with Crippen molar-refractivity contribution in [2.75, 3.05) is 25.0 Å². The number of anilines is 1. The summed E-state index contributed by atoms with van der Waals surface area (Å²) in [5.41, 5.74) is 0.0704. The first kappa shape index (κ1) is 19.9. The van der Waals surface area contributed by atoms with E-state index in [2.05, 4.69) is 31.1 Å². The van der Waals surface area contributed by atoms with Crippen LogP contribution in [0.2, 0.25) is 0 Å². The van der Waals surface area contributed by atoms with E-state index in [1.165, 1.54) is 17.4 Å². The van der Waals surface area contributed by atoms with Crippen LogP contribution in [0.4, 0.5) is 9.52 Å². The molecule has 0 saturated carbocycles. The molecule has 1 aromatic carbocycles. The Hall–Kier alpha value is -1.83. The zero-order chi connectivity index (χ0) is 19.7. The molecule has 0 aliphatic carbocycles. The molecule has 2 N–H and O–H groups in total. The van der Waals surface area contributed by atoms with Gasteiger partial charge in [-0.25, -0.2) is 9.37 Å². The molecule has 0 radical (unpaired) electrons. The average molecular weight is 392 g/mol. The van der Waals surface area contributed by atoms with Crippen molar-refractivity contribution in [2.45, 2.75) is 44.6 Å². The summed E-state index contributed by atoms with van der Waals surface area (Å²) >= 11 is 1.42. The van der Waals surface area contributed by atoms with Gasteiger partial charge in [-0.3, -0.25) is 9.69 Å². The van der Waals surface area contributed by atoms with E-state index in [1.54, 1.807) is 18.2 Å². The lowest BCUT2D eigenvalue weighted by atomic mass is 9.84. The Kier molecular flexibility index (Phi) is 5.65. The molecule has 1 aliphatic heterocycles. The van der Waals surface area contributed by atoms with Crippen LogP contribution in [0.1, 0.15) is 44.9 Å². The Labute approximate surface area is 163 Å². The Morgan fingerprint density at radius 2 is 2.00 bits per heavy atom. The Morgan fingerprint density at radius 3 is 2.59 bits per heavy atom. The number of likely N-dealkylation sites (tertiary alicyclic amines) is 1. The lowest BCUT2D eigenvalue weighted by Gasteiger charge is -2.38. The summed E-state index contributed by atoms with van der Waals surface area (Å²) in [4.78, 5) is 18.8. The van der Waals surface area contributed by atoms with Crippen LogP contribution < -0.4 is 5.32 Å². The highest BCUT2D eigenvalue weighted by molar-refractivity contribution is 7.13. The maximum absolute atomic E-state index is 14.0. The van der Waals surface area contributed by atoms with Gasteiger partial charge in [0.1, 0.15) is 5.82 Å². The molecule has 0 bridgehead atoms. The number of aromatic nitrogens is 1. The van der Waals surface area contributed by atoms with Crippen molar-refractivity contribution in [2.24, 2.45) is 0 Å². The van der Waals surface area contributed by atoms with Crippen LogP contribution in [0.15, 0.2) is 29.6 Å². The first-order chi connectivity index (χ1) is 12.7. The number of carbonyl (C=O) groups is 1. The number of thiazole rings is 1. The molecule has 0 spiro atoms. The van der Waals surface area contributed by atoms with Crippen molar-refractivity contribution >= 4 is 22.4 Å². The standard InChI is InChI=1S/C20H26FN3O2S/c1-19(2,3)16-13-27-18(22-16)23-17(25)12-24-10-8-20(26,9-11-24)14-6-4-5-7-15(14)21/h4-7,13,26H,8-12H2,1-3H3,(H,22,23,25). The van der Waals surface area contributed by atoms with Crippen LogP contribution in [-0.2, 0) is 15.8 Å². The van der Waals surface area contributed by atoms with Gasteiger partial charge in [0.15, 0.2) is 5.13 Å². The molecule has 1 saturated heterocycles. The number of nitrogens with one attached hydrogen (secondary N) is 1. The normalized spacial score (nSPS) is 17.7. The van der Waals surface area contributed by atoms with Gasteiger partial charge in [-0.05, 0) is 18.9 Å². The van der Waals surface area contributed by atoms with Crippen LogP contribution in [0.25, 0.3) is 0 Å². The Balaban J connectivity index is 1.54. The molecule has 7 heteroatoms. The molecule has 1 aromatic heterocycles. The van der Waals surface area contributed by atoms with Crippen molar-refractivity contribution in [1.82, 2.24) is 9.88 Å². The van der Waals surface area contributed by atoms with E-state index in [1.807, 2.05) is 10.3 Å². The van der Waals surface area contributed by atoms with Crippen LogP contribution in [0.5, 0.6) is 0 Å². The van der Waals surface area contributed by atoms with Crippen LogP contribution >= 0.6 is 11.3 Å². The molecule has 1 fully saturated rings. The van der Waals surface area contributed by atoms with Gasteiger partial charge in [0, 0.05) is 29.4 Å². The van der Waals surface area contributed by atoms with E-state index in [0.29, 0.717) is 36.6 Å². The molecule has 27 heavy (non-hydrogen) atoms.